The molecule has 0 fully saturated rings. The third-order valence-corrected chi connectivity index (χ3v) is 2.51. The van der Waals surface area contributed by atoms with Gasteiger partial charge in [0.15, 0.2) is 0 Å². The van der Waals surface area contributed by atoms with E-state index in [-0.39, 0.29) is 5.69 Å². The topological polar surface area (TPSA) is 84.8 Å². The van der Waals surface area contributed by atoms with E-state index in [9.17, 15) is 4.79 Å². The number of nitrogens with one attached hydrogen (secondary N) is 2. The van der Waals surface area contributed by atoms with E-state index in [0.717, 1.165) is 37.1 Å². The van der Waals surface area contributed by atoms with Gasteiger partial charge >= 0.3 is 5.69 Å². The molecule has 0 radical (unpaired) electrons. The zero-order valence-electron chi connectivity index (χ0n) is 9.19. The van der Waals surface area contributed by atoms with E-state index >= 15 is 0 Å². The lowest BCUT2D eigenvalue weighted by atomic mass is 10.0. The van der Waals surface area contributed by atoms with Gasteiger partial charge < -0.3 is 0 Å². The van der Waals surface area contributed by atoms with E-state index in [2.05, 4.69) is 21.0 Å². The molecule has 7 nitrogen and oxygen atoms in total. The fourth-order valence-electron chi connectivity index (χ4n) is 1.77. The molecule has 1 aliphatic carbocycles. The van der Waals surface area contributed by atoms with Gasteiger partial charge in [0, 0.05) is 0 Å². The van der Waals surface area contributed by atoms with Crippen molar-refractivity contribution in [1.29, 1.82) is 0 Å². The van der Waals surface area contributed by atoms with E-state index in [1.165, 1.54) is 4.68 Å². The molecular weight excluding hydrogens is 210 g/mol. The molecule has 0 spiro atoms. The van der Waals surface area contributed by atoms with Crippen LogP contribution in [0.5, 0.6) is 0 Å². The van der Waals surface area contributed by atoms with Gasteiger partial charge in [0.1, 0.15) is 0 Å². The van der Waals surface area contributed by atoms with Gasteiger partial charge in [-0.25, -0.2) is 9.89 Å². The van der Waals surface area contributed by atoms with Gasteiger partial charge in [-0.3, -0.25) is 10.3 Å². The maximum atomic E-state index is 11.4. The normalized spacial score (nSPS) is 16.6. The number of rotatable bonds is 4. The van der Waals surface area contributed by atoms with Crippen LogP contribution in [0.15, 0.2) is 10.5 Å². The molecular formula is C9H15N5O2. The molecule has 7 heteroatoms. The van der Waals surface area contributed by atoms with E-state index in [0.29, 0.717) is 6.61 Å². The minimum atomic E-state index is -0.312. The molecule has 0 bridgehead atoms. The zero-order valence-corrected chi connectivity index (χ0v) is 9.19. The van der Waals surface area contributed by atoms with Gasteiger partial charge in [-0.1, -0.05) is 0 Å². The van der Waals surface area contributed by atoms with Crippen molar-refractivity contribution in [2.45, 2.75) is 32.6 Å². The lowest BCUT2D eigenvalue weighted by Crippen LogP contribution is -2.25. The Morgan fingerprint density at radius 3 is 3.00 bits per heavy atom. The molecule has 0 amide bonds. The van der Waals surface area contributed by atoms with Crippen molar-refractivity contribution in [3.63, 3.8) is 0 Å². The quantitative estimate of drug-likeness (QED) is 0.717. The van der Waals surface area contributed by atoms with Gasteiger partial charge in [-0.15, -0.1) is 0 Å². The number of hydrogen-bond donors (Lipinski definition) is 2. The number of aromatic amines is 1. The predicted octanol–water partition coefficient (Wildman–Crippen LogP) is 0.250. The van der Waals surface area contributed by atoms with Crippen molar-refractivity contribution in [2.24, 2.45) is 0 Å². The molecule has 0 aromatic carbocycles. The number of tetrazole rings is 1. The summed E-state index contributed by atoms with van der Waals surface area (Å²) in [5.41, 5.74) is 4.33. The first-order valence-corrected chi connectivity index (χ1v) is 5.43. The molecule has 0 atom stereocenters. The molecule has 0 aliphatic heterocycles. The maximum absolute atomic E-state index is 11.4. The average Bonchev–Trinajstić information content (AvgIpc) is 2.73. The second-order valence-electron chi connectivity index (χ2n) is 3.59. The lowest BCUT2D eigenvalue weighted by Gasteiger charge is -2.19. The van der Waals surface area contributed by atoms with Gasteiger partial charge in [-0.05, 0) is 43.0 Å². The van der Waals surface area contributed by atoms with Crippen LogP contribution in [0.3, 0.4) is 0 Å². The first kappa shape index (κ1) is 10.9. The van der Waals surface area contributed by atoms with Crippen LogP contribution in [0.2, 0.25) is 0 Å². The van der Waals surface area contributed by atoms with Gasteiger partial charge in [0.2, 0.25) is 0 Å². The second kappa shape index (κ2) is 4.93. The first-order chi connectivity index (χ1) is 7.83. The molecule has 1 aromatic rings. The Kier molecular flexibility index (Phi) is 3.35. The Bertz CT molecular complexity index is 433. The van der Waals surface area contributed by atoms with Crippen molar-refractivity contribution in [1.82, 2.24) is 25.7 Å². The number of hydrogen-bond acceptors (Lipinski definition) is 5. The summed E-state index contributed by atoms with van der Waals surface area (Å²) >= 11 is 0. The fourth-order valence-corrected chi connectivity index (χ4v) is 1.77. The number of hydroxylamine groups is 1. The van der Waals surface area contributed by atoms with Crippen LogP contribution in [0.4, 0.5) is 0 Å². The smallest absolute Gasteiger partial charge is 0.277 e. The highest BCUT2D eigenvalue weighted by molar-refractivity contribution is 5.48. The van der Waals surface area contributed by atoms with Crippen LogP contribution in [0, 0.1) is 0 Å². The summed E-state index contributed by atoms with van der Waals surface area (Å²) in [6.45, 7) is 2.48. The Hall–Kier alpha value is -1.63. The largest absolute Gasteiger partial charge is 0.365 e. The maximum Gasteiger partial charge on any atom is 0.365 e. The Morgan fingerprint density at radius 1 is 1.50 bits per heavy atom. The molecule has 0 unspecified atom stereocenters. The number of aromatic nitrogens is 4. The summed E-state index contributed by atoms with van der Waals surface area (Å²) in [6, 6.07) is 0. The summed E-state index contributed by atoms with van der Waals surface area (Å²) in [5.74, 6) is 0. The minimum Gasteiger partial charge on any atom is -0.277 e. The molecule has 2 rings (SSSR count). The van der Waals surface area contributed by atoms with Crippen molar-refractivity contribution < 1.29 is 4.84 Å². The zero-order chi connectivity index (χ0) is 11.4. The van der Waals surface area contributed by atoms with Gasteiger partial charge in [-0.2, -0.15) is 4.68 Å². The second-order valence-corrected chi connectivity index (χ2v) is 3.59. The van der Waals surface area contributed by atoms with Crippen molar-refractivity contribution >= 4 is 5.70 Å². The van der Waals surface area contributed by atoms with E-state index < -0.39 is 0 Å². The average molecular weight is 225 g/mol. The van der Waals surface area contributed by atoms with Crippen molar-refractivity contribution in [2.75, 3.05) is 6.61 Å². The summed E-state index contributed by atoms with van der Waals surface area (Å²) in [6.07, 6.45) is 3.81. The summed E-state index contributed by atoms with van der Waals surface area (Å²) in [5, 5.41) is 9.51. The van der Waals surface area contributed by atoms with E-state index in [4.69, 9.17) is 4.84 Å². The number of nitrogens with zero attached hydrogens (tertiary/aromatic N) is 3. The van der Waals surface area contributed by atoms with Crippen LogP contribution in [0.1, 0.15) is 32.6 Å². The highest BCUT2D eigenvalue weighted by Crippen LogP contribution is 2.24. The summed E-state index contributed by atoms with van der Waals surface area (Å²) < 4.78 is 1.29. The summed E-state index contributed by atoms with van der Waals surface area (Å²) in [4.78, 5) is 16.6. The Balaban J connectivity index is 2.29. The van der Waals surface area contributed by atoms with Crippen LogP contribution < -0.4 is 11.2 Å². The first-order valence-electron chi connectivity index (χ1n) is 5.43. The van der Waals surface area contributed by atoms with E-state index in [1.807, 2.05) is 6.92 Å². The highest BCUT2D eigenvalue weighted by atomic mass is 16.6. The molecule has 88 valence electrons. The summed E-state index contributed by atoms with van der Waals surface area (Å²) in [7, 11) is 0. The van der Waals surface area contributed by atoms with Gasteiger partial charge in [0.05, 0.1) is 18.0 Å². The van der Waals surface area contributed by atoms with E-state index in [1.54, 1.807) is 0 Å². The van der Waals surface area contributed by atoms with Crippen LogP contribution in [0.25, 0.3) is 5.70 Å². The Labute approximate surface area is 92.4 Å². The van der Waals surface area contributed by atoms with Crippen LogP contribution in [-0.4, -0.2) is 26.8 Å². The van der Waals surface area contributed by atoms with Crippen molar-refractivity contribution in [3.8, 4) is 0 Å². The monoisotopic (exact) mass is 225 g/mol. The van der Waals surface area contributed by atoms with Crippen molar-refractivity contribution in [3.05, 3.63) is 16.2 Å². The molecule has 0 saturated carbocycles. The standard InChI is InChI=1S/C9H15N5O2/c1-2-16-11-7-5-3-4-6-8(7)14-9(15)10-12-13-14/h11H,2-6H2,1H3,(H,10,13,15). The minimum absolute atomic E-state index is 0.312. The van der Waals surface area contributed by atoms with Gasteiger partial charge in [0.25, 0.3) is 0 Å². The third-order valence-electron chi connectivity index (χ3n) is 2.51. The van der Waals surface area contributed by atoms with Crippen LogP contribution >= 0.6 is 0 Å². The van der Waals surface area contributed by atoms with Crippen LogP contribution in [-0.2, 0) is 4.84 Å². The molecule has 1 aromatic heterocycles. The molecule has 16 heavy (non-hydrogen) atoms. The highest BCUT2D eigenvalue weighted by Gasteiger charge is 2.17. The predicted molar refractivity (Wildman–Crippen MR) is 57.1 cm³/mol. The molecule has 1 heterocycles. The molecule has 2 N–H and O–H groups in total. The number of H-pyrrole nitrogens is 1. The SMILES string of the molecule is CCONC1=C(n2nn[nH]c2=O)CCCC1. The lowest BCUT2D eigenvalue weighted by molar-refractivity contribution is 0.0701. The third kappa shape index (κ3) is 2.13. The Morgan fingerprint density at radius 2 is 2.31 bits per heavy atom. The number of allylic oxidation sites excluding steroid dienone is 2. The molecule has 0 saturated heterocycles. The molecule has 1 aliphatic rings. The fraction of sp³-hybridized carbons (Fsp3) is 0.667.